The number of esters is 1. The fraction of sp³-hybridized carbons (Fsp3) is 0.333. The maximum absolute atomic E-state index is 13.3. The third-order valence-electron chi connectivity index (χ3n) is 3.94. The normalized spacial score (nSPS) is 13.1. The van der Waals surface area contributed by atoms with Gasteiger partial charge in [-0.05, 0) is 57.5 Å². The summed E-state index contributed by atoms with van der Waals surface area (Å²) in [6.07, 6.45) is -1.66. The molecule has 1 amide bonds. The molecule has 0 aliphatic carbocycles. The van der Waals surface area contributed by atoms with Crippen LogP contribution in [0.1, 0.15) is 49.7 Å². The van der Waals surface area contributed by atoms with E-state index < -0.39 is 40.5 Å². The highest BCUT2D eigenvalue weighted by Gasteiger charge is 2.28. The standard InChI is InChI=1S/C21H23FN2O6/c1-13(23-20(26)30-21(2,3)4)18(14-5-9-16(22)10-6-14)29-19(25)15-7-11-17(12-8-15)24(27)28/h5-13,18H,1-4H3,(H,23,26)/t13-,18?/m0/s1. The van der Waals surface area contributed by atoms with Gasteiger partial charge in [0.2, 0.25) is 0 Å². The number of carbonyl (C=O) groups is 2. The number of non-ortho nitro benzene ring substituents is 1. The van der Waals surface area contributed by atoms with Crippen LogP contribution in [0.15, 0.2) is 48.5 Å². The molecule has 2 rings (SSSR count). The van der Waals surface area contributed by atoms with Crippen LogP contribution >= 0.6 is 0 Å². The molecule has 0 aromatic heterocycles. The highest BCUT2D eigenvalue weighted by atomic mass is 19.1. The Balaban J connectivity index is 2.22. The second-order valence-electron chi connectivity index (χ2n) is 7.62. The first-order valence-corrected chi connectivity index (χ1v) is 9.16. The summed E-state index contributed by atoms with van der Waals surface area (Å²) in [6, 6.07) is 9.50. The Labute approximate surface area is 173 Å². The number of amides is 1. The number of nitro groups is 1. The highest BCUT2D eigenvalue weighted by Crippen LogP contribution is 2.24. The van der Waals surface area contributed by atoms with E-state index in [4.69, 9.17) is 9.47 Å². The number of ether oxygens (including phenoxy) is 2. The Morgan fingerprint density at radius 2 is 1.63 bits per heavy atom. The first-order chi connectivity index (χ1) is 14.0. The van der Waals surface area contributed by atoms with E-state index in [-0.39, 0.29) is 11.3 Å². The summed E-state index contributed by atoms with van der Waals surface area (Å²) in [4.78, 5) is 34.9. The van der Waals surface area contributed by atoms with Gasteiger partial charge in [-0.15, -0.1) is 0 Å². The van der Waals surface area contributed by atoms with E-state index in [0.717, 1.165) is 0 Å². The molecule has 2 atom stereocenters. The summed E-state index contributed by atoms with van der Waals surface area (Å²) in [7, 11) is 0. The Morgan fingerprint density at radius 1 is 1.07 bits per heavy atom. The van der Waals surface area contributed by atoms with Crippen LogP contribution in [0.3, 0.4) is 0 Å². The third-order valence-corrected chi connectivity index (χ3v) is 3.94. The van der Waals surface area contributed by atoms with Gasteiger partial charge in [-0.1, -0.05) is 12.1 Å². The zero-order valence-corrected chi connectivity index (χ0v) is 17.0. The molecule has 2 aromatic rings. The first kappa shape index (κ1) is 22.8. The van der Waals surface area contributed by atoms with Crippen molar-refractivity contribution in [2.75, 3.05) is 0 Å². The molecule has 0 saturated heterocycles. The lowest BCUT2D eigenvalue weighted by Crippen LogP contribution is -2.41. The van der Waals surface area contributed by atoms with E-state index in [1.54, 1.807) is 27.7 Å². The lowest BCUT2D eigenvalue weighted by atomic mass is 10.0. The summed E-state index contributed by atoms with van der Waals surface area (Å²) < 4.78 is 24.1. The average Bonchev–Trinajstić information content (AvgIpc) is 2.65. The Morgan fingerprint density at radius 3 is 2.13 bits per heavy atom. The van der Waals surface area contributed by atoms with Gasteiger partial charge in [0.25, 0.3) is 5.69 Å². The number of hydrogen-bond acceptors (Lipinski definition) is 6. The molecule has 0 aliphatic heterocycles. The van der Waals surface area contributed by atoms with Gasteiger partial charge < -0.3 is 14.8 Å². The van der Waals surface area contributed by atoms with Crippen molar-refractivity contribution in [3.8, 4) is 0 Å². The molecule has 2 aromatic carbocycles. The SMILES string of the molecule is C[C@H](NC(=O)OC(C)(C)C)C(OC(=O)c1ccc([N+](=O)[O-])cc1)c1ccc(F)cc1. The van der Waals surface area contributed by atoms with E-state index in [2.05, 4.69) is 5.32 Å². The van der Waals surface area contributed by atoms with E-state index >= 15 is 0 Å². The number of alkyl carbamates (subject to hydrolysis) is 1. The van der Waals surface area contributed by atoms with Crippen molar-refractivity contribution in [1.29, 1.82) is 0 Å². The van der Waals surface area contributed by atoms with Crippen molar-refractivity contribution in [3.05, 3.63) is 75.6 Å². The van der Waals surface area contributed by atoms with Gasteiger partial charge in [0, 0.05) is 12.1 Å². The summed E-state index contributed by atoms with van der Waals surface area (Å²) in [5, 5.41) is 13.4. The van der Waals surface area contributed by atoms with Gasteiger partial charge in [0.1, 0.15) is 17.5 Å². The van der Waals surface area contributed by atoms with Gasteiger partial charge in [-0.2, -0.15) is 0 Å². The predicted molar refractivity (Wildman–Crippen MR) is 106 cm³/mol. The molecule has 0 radical (unpaired) electrons. The zero-order valence-electron chi connectivity index (χ0n) is 17.0. The second kappa shape index (κ2) is 9.34. The first-order valence-electron chi connectivity index (χ1n) is 9.16. The predicted octanol–water partition coefficient (Wildman–Crippen LogP) is 4.55. The monoisotopic (exact) mass is 418 g/mol. The van der Waals surface area contributed by atoms with Crippen LogP contribution in [-0.2, 0) is 9.47 Å². The molecule has 0 fully saturated rings. The molecule has 0 heterocycles. The van der Waals surface area contributed by atoms with E-state index in [9.17, 15) is 24.1 Å². The number of nitrogens with one attached hydrogen (secondary N) is 1. The maximum Gasteiger partial charge on any atom is 0.408 e. The number of rotatable bonds is 6. The number of halogens is 1. The molecule has 1 N–H and O–H groups in total. The lowest BCUT2D eigenvalue weighted by molar-refractivity contribution is -0.384. The fourth-order valence-electron chi connectivity index (χ4n) is 2.58. The van der Waals surface area contributed by atoms with Crippen LogP contribution in [0.2, 0.25) is 0 Å². The molecule has 160 valence electrons. The number of carbonyl (C=O) groups excluding carboxylic acids is 2. The molecule has 0 aliphatic rings. The maximum atomic E-state index is 13.3. The van der Waals surface area contributed by atoms with Crippen molar-refractivity contribution in [3.63, 3.8) is 0 Å². The summed E-state index contributed by atoms with van der Waals surface area (Å²) in [5.74, 6) is -1.22. The smallest absolute Gasteiger partial charge is 0.408 e. The minimum absolute atomic E-state index is 0.0946. The second-order valence-corrected chi connectivity index (χ2v) is 7.62. The number of benzene rings is 2. The lowest BCUT2D eigenvalue weighted by Gasteiger charge is -2.27. The van der Waals surface area contributed by atoms with E-state index in [1.165, 1.54) is 48.5 Å². The van der Waals surface area contributed by atoms with Crippen molar-refractivity contribution in [2.24, 2.45) is 0 Å². The quantitative estimate of drug-likeness (QED) is 0.419. The van der Waals surface area contributed by atoms with Crippen molar-refractivity contribution >= 4 is 17.7 Å². The van der Waals surface area contributed by atoms with Gasteiger partial charge in [0.05, 0.1) is 16.5 Å². The Hall–Kier alpha value is -3.49. The van der Waals surface area contributed by atoms with Gasteiger partial charge in [-0.3, -0.25) is 10.1 Å². The molecular weight excluding hydrogens is 395 g/mol. The highest BCUT2D eigenvalue weighted by molar-refractivity contribution is 5.89. The molecule has 0 saturated carbocycles. The Kier molecular flexibility index (Phi) is 7.10. The molecule has 0 bridgehead atoms. The summed E-state index contributed by atoms with van der Waals surface area (Å²) in [5.41, 5.74) is -0.334. The van der Waals surface area contributed by atoms with E-state index in [0.29, 0.717) is 5.56 Å². The van der Waals surface area contributed by atoms with Crippen LogP contribution in [0.4, 0.5) is 14.9 Å². The van der Waals surface area contributed by atoms with Crippen LogP contribution in [0.25, 0.3) is 0 Å². The topological polar surface area (TPSA) is 108 Å². The van der Waals surface area contributed by atoms with Crippen LogP contribution in [0, 0.1) is 15.9 Å². The number of nitro benzene ring substituents is 1. The average molecular weight is 418 g/mol. The molecular formula is C21H23FN2O6. The minimum atomic E-state index is -0.958. The largest absolute Gasteiger partial charge is 0.452 e. The Bertz CT molecular complexity index is 907. The van der Waals surface area contributed by atoms with Crippen LogP contribution in [0.5, 0.6) is 0 Å². The third kappa shape index (κ3) is 6.54. The van der Waals surface area contributed by atoms with Crippen molar-refractivity contribution in [1.82, 2.24) is 5.32 Å². The molecule has 9 heteroatoms. The molecule has 30 heavy (non-hydrogen) atoms. The van der Waals surface area contributed by atoms with Crippen molar-refractivity contribution in [2.45, 2.75) is 45.4 Å². The molecule has 1 unspecified atom stereocenters. The van der Waals surface area contributed by atoms with Gasteiger partial charge >= 0.3 is 12.1 Å². The summed E-state index contributed by atoms with van der Waals surface area (Å²) in [6.45, 7) is 6.75. The number of hydrogen-bond donors (Lipinski definition) is 1. The number of nitrogens with zero attached hydrogens (tertiary/aromatic N) is 1. The van der Waals surface area contributed by atoms with Gasteiger partial charge in [0.15, 0.2) is 0 Å². The van der Waals surface area contributed by atoms with Crippen molar-refractivity contribution < 1.29 is 28.4 Å². The van der Waals surface area contributed by atoms with Crippen LogP contribution < -0.4 is 5.32 Å². The summed E-state index contributed by atoms with van der Waals surface area (Å²) >= 11 is 0. The van der Waals surface area contributed by atoms with Gasteiger partial charge in [-0.25, -0.2) is 14.0 Å². The zero-order chi connectivity index (χ0) is 22.5. The van der Waals surface area contributed by atoms with E-state index in [1.807, 2.05) is 0 Å². The molecule has 8 nitrogen and oxygen atoms in total. The minimum Gasteiger partial charge on any atom is -0.452 e. The molecule has 0 spiro atoms. The van der Waals surface area contributed by atoms with Crippen LogP contribution in [-0.4, -0.2) is 28.6 Å². The fourth-order valence-corrected chi connectivity index (χ4v) is 2.58.